The highest BCUT2D eigenvalue weighted by Gasteiger charge is 2.18. The Bertz CT molecular complexity index is 2770. The SMILES string of the molecule is C1=CCC(c2cccc3c2sc2c(-c4cccc(-c5nc6ccc(-c7nc(-c8ccccc8)nc(-c8ccccc8)n7)cc6s5)c4)cccc23)C=C1. The van der Waals surface area contributed by atoms with E-state index in [4.69, 9.17) is 19.9 Å². The Labute approximate surface area is 309 Å². The van der Waals surface area contributed by atoms with Crippen LogP contribution in [0.15, 0.2) is 164 Å². The molecule has 0 saturated carbocycles. The molecule has 0 fully saturated rings. The summed E-state index contributed by atoms with van der Waals surface area (Å²) in [5.41, 5.74) is 8.78. The molecule has 1 unspecified atom stereocenters. The molecule has 0 spiro atoms. The third-order valence-corrected chi connectivity index (χ3v) is 12.1. The van der Waals surface area contributed by atoms with Crippen molar-refractivity contribution in [2.24, 2.45) is 0 Å². The van der Waals surface area contributed by atoms with Gasteiger partial charge in [0, 0.05) is 48.3 Å². The van der Waals surface area contributed by atoms with Gasteiger partial charge in [0.05, 0.1) is 10.2 Å². The second-order valence-corrected chi connectivity index (χ2v) is 15.0. The quantitative estimate of drug-likeness (QED) is 0.173. The van der Waals surface area contributed by atoms with E-state index in [2.05, 4.69) is 103 Å². The lowest BCUT2D eigenvalue weighted by atomic mass is 9.91. The first-order valence-electron chi connectivity index (χ1n) is 17.4. The summed E-state index contributed by atoms with van der Waals surface area (Å²) in [6, 6.07) is 48.8. The van der Waals surface area contributed by atoms with Gasteiger partial charge in [-0.3, -0.25) is 0 Å². The summed E-state index contributed by atoms with van der Waals surface area (Å²) in [5.74, 6) is 2.36. The predicted octanol–water partition coefficient (Wildman–Crippen LogP) is 12.8. The molecule has 3 aromatic heterocycles. The van der Waals surface area contributed by atoms with Gasteiger partial charge in [0.25, 0.3) is 0 Å². The standard InChI is InChI=1S/C46H30N4S2/c1-4-13-29(14-5-1)35-21-11-23-37-38-24-12-22-36(42(38)52-41(35)37)32-19-10-20-34(27-32)46-47-39-26-25-33(28-40(39)51-46)45-49-43(30-15-6-2-7-16-30)48-44(50-45)31-17-8-3-9-18-31/h1-13,15-29H,14H2. The fourth-order valence-corrected chi connectivity index (χ4v) is 9.53. The number of thiophene rings is 1. The molecule has 246 valence electrons. The lowest BCUT2D eigenvalue weighted by molar-refractivity contribution is 0.863. The summed E-state index contributed by atoms with van der Waals surface area (Å²) >= 11 is 3.62. The van der Waals surface area contributed by atoms with Crippen molar-refractivity contribution in [2.45, 2.75) is 12.3 Å². The maximum atomic E-state index is 5.10. The number of rotatable bonds is 6. The van der Waals surface area contributed by atoms with Crippen molar-refractivity contribution in [3.8, 4) is 55.9 Å². The summed E-state index contributed by atoms with van der Waals surface area (Å²) in [7, 11) is 0. The van der Waals surface area contributed by atoms with Gasteiger partial charge in [-0.2, -0.15) is 0 Å². The van der Waals surface area contributed by atoms with Gasteiger partial charge in [0.2, 0.25) is 0 Å². The van der Waals surface area contributed by atoms with Crippen molar-refractivity contribution >= 4 is 53.1 Å². The summed E-state index contributed by atoms with van der Waals surface area (Å²) in [6.45, 7) is 0. The molecule has 6 heteroatoms. The molecule has 1 aliphatic carbocycles. The molecule has 10 rings (SSSR count). The Morgan fingerprint density at radius 1 is 0.481 bits per heavy atom. The van der Waals surface area contributed by atoms with Gasteiger partial charge in [-0.1, -0.05) is 140 Å². The van der Waals surface area contributed by atoms with Crippen LogP contribution in [-0.4, -0.2) is 19.9 Å². The minimum atomic E-state index is 0.412. The van der Waals surface area contributed by atoms with Crippen LogP contribution in [0.2, 0.25) is 0 Å². The number of aromatic nitrogens is 4. The van der Waals surface area contributed by atoms with Crippen molar-refractivity contribution in [3.05, 3.63) is 169 Å². The van der Waals surface area contributed by atoms with Gasteiger partial charge in [0.15, 0.2) is 17.5 Å². The first-order valence-corrected chi connectivity index (χ1v) is 19.0. The van der Waals surface area contributed by atoms with Crippen molar-refractivity contribution < 1.29 is 0 Å². The van der Waals surface area contributed by atoms with Gasteiger partial charge in [-0.25, -0.2) is 19.9 Å². The molecule has 0 bridgehead atoms. The van der Waals surface area contributed by atoms with E-state index in [0.29, 0.717) is 23.4 Å². The highest BCUT2D eigenvalue weighted by molar-refractivity contribution is 7.26. The Morgan fingerprint density at radius 3 is 1.87 bits per heavy atom. The largest absolute Gasteiger partial charge is 0.236 e. The highest BCUT2D eigenvalue weighted by atomic mass is 32.1. The van der Waals surface area contributed by atoms with E-state index >= 15 is 0 Å². The van der Waals surface area contributed by atoms with Crippen molar-refractivity contribution in [1.29, 1.82) is 0 Å². The molecule has 9 aromatic rings. The number of fused-ring (bicyclic) bond motifs is 4. The van der Waals surface area contributed by atoms with Crippen LogP contribution in [0.25, 0.3) is 86.3 Å². The predicted molar refractivity (Wildman–Crippen MR) is 219 cm³/mol. The molecule has 0 amide bonds. The van der Waals surface area contributed by atoms with Crippen LogP contribution >= 0.6 is 22.7 Å². The van der Waals surface area contributed by atoms with E-state index in [9.17, 15) is 0 Å². The van der Waals surface area contributed by atoms with Gasteiger partial charge in [0.1, 0.15) is 5.01 Å². The van der Waals surface area contributed by atoms with E-state index in [1.165, 1.54) is 36.9 Å². The van der Waals surface area contributed by atoms with Gasteiger partial charge in [-0.05, 0) is 47.4 Å². The summed E-state index contributed by atoms with van der Waals surface area (Å²) < 4.78 is 3.80. The molecule has 1 atom stereocenters. The first-order chi connectivity index (χ1) is 25.7. The van der Waals surface area contributed by atoms with Gasteiger partial charge >= 0.3 is 0 Å². The van der Waals surface area contributed by atoms with Crippen molar-refractivity contribution in [2.75, 3.05) is 0 Å². The minimum Gasteiger partial charge on any atom is -0.236 e. The number of hydrogen-bond acceptors (Lipinski definition) is 6. The Hall–Kier alpha value is -6.08. The zero-order chi connectivity index (χ0) is 34.4. The van der Waals surface area contributed by atoms with Crippen molar-refractivity contribution in [1.82, 2.24) is 19.9 Å². The van der Waals surface area contributed by atoms with E-state index in [1.807, 2.05) is 72.0 Å². The molecule has 6 aromatic carbocycles. The monoisotopic (exact) mass is 702 g/mol. The van der Waals surface area contributed by atoms with Crippen LogP contribution in [0, 0.1) is 0 Å². The zero-order valence-electron chi connectivity index (χ0n) is 28.0. The molecular formula is C46H30N4S2. The fourth-order valence-electron chi connectivity index (χ4n) is 7.12. The molecule has 52 heavy (non-hydrogen) atoms. The lowest BCUT2D eigenvalue weighted by Gasteiger charge is -2.14. The van der Waals surface area contributed by atoms with Crippen LogP contribution in [0.1, 0.15) is 17.9 Å². The molecule has 0 radical (unpaired) electrons. The molecular weight excluding hydrogens is 673 g/mol. The van der Waals surface area contributed by atoms with E-state index in [-0.39, 0.29) is 0 Å². The average Bonchev–Trinajstić information content (AvgIpc) is 3.83. The number of nitrogens with zero attached hydrogens (tertiary/aromatic N) is 4. The molecule has 3 heterocycles. The summed E-state index contributed by atoms with van der Waals surface area (Å²) in [4.78, 5) is 19.8. The smallest absolute Gasteiger partial charge is 0.164 e. The topological polar surface area (TPSA) is 51.6 Å². The number of benzene rings is 6. The Kier molecular flexibility index (Phi) is 7.63. The maximum absolute atomic E-state index is 5.10. The van der Waals surface area contributed by atoms with Gasteiger partial charge in [-0.15, -0.1) is 22.7 Å². The normalized spacial score (nSPS) is 14.1. The molecule has 1 aliphatic rings. The Morgan fingerprint density at radius 2 is 1.13 bits per heavy atom. The second-order valence-electron chi connectivity index (χ2n) is 13.0. The van der Waals surface area contributed by atoms with E-state index < -0.39 is 0 Å². The molecule has 0 saturated heterocycles. The van der Waals surface area contributed by atoms with Crippen LogP contribution in [0.3, 0.4) is 0 Å². The zero-order valence-corrected chi connectivity index (χ0v) is 29.6. The maximum Gasteiger partial charge on any atom is 0.164 e. The number of hydrogen-bond donors (Lipinski definition) is 0. The molecule has 4 nitrogen and oxygen atoms in total. The highest BCUT2D eigenvalue weighted by Crippen LogP contribution is 2.44. The molecule has 0 aliphatic heterocycles. The van der Waals surface area contributed by atoms with Crippen LogP contribution in [-0.2, 0) is 0 Å². The second kappa shape index (κ2) is 12.9. The summed E-state index contributed by atoms with van der Waals surface area (Å²) in [6.07, 6.45) is 9.97. The van der Waals surface area contributed by atoms with Crippen LogP contribution < -0.4 is 0 Å². The van der Waals surface area contributed by atoms with Gasteiger partial charge < -0.3 is 0 Å². The minimum absolute atomic E-state index is 0.412. The number of thiazole rings is 1. The fraction of sp³-hybridized carbons (Fsp3) is 0.0435. The number of allylic oxidation sites excluding steroid dienone is 4. The Balaban J connectivity index is 1.03. The lowest BCUT2D eigenvalue weighted by Crippen LogP contribution is -1.99. The third kappa shape index (κ3) is 5.53. The van der Waals surface area contributed by atoms with E-state index in [1.54, 1.807) is 11.3 Å². The third-order valence-electron chi connectivity index (χ3n) is 9.70. The average molecular weight is 703 g/mol. The molecule has 0 N–H and O–H groups in total. The first kappa shape index (κ1) is 30.7. The van der Waals surface area contributed by atoms with Crippen molar-refractivity contribution in [3.63, 3.8) is 0 Å². The van der Waals surface area contributed by atoms with Crippen LogP contribution in [0.4, 0.5) is 0 Å². The van der Waals surface area contributed by atoms with E-state index in [0.717, 1.165) is 43.9 Å². The van der Waals surface area contributed by atoms with Crippen LogP contribution in [0.5, 0.6) is 0 Å². The summed E-state index contributed by atoms with van der Waals surface area (Å²) in [5, 5.41) is 3.64.